The summed E-state index contributed by atoms with van der Waals surface area (Å²) >= 11 is 0. The van der Waals surface area contributed by atoms with Crippen molar-refractivity contribution in [3.05, 3.63) is 0 Å². The summed E-state index contributed by atoms with van der Waals surface area (Å²) < 4.78 is 23.1. The molecule has 6 heteroatoms. The first-order valence-corrected chi connectivity index (χ1v) is 10.7. The highest BCUT2D eigenvalue weighted by Crippen LogP contribution is 2.22. The van der Waals surface area contributed by atoms with Gasteiger partial charge in [-0.15, -0.1) is 0 Å². The maximum atomic E-state index is 11.6. The first-order valence-electron chi connectivity index (χ1n) is 8.84. The third-order valence-electron chi connectivity index (χ3n) is 4.65. The molecule has 0 aromatic carbocycles. The minimum atomic E-state index is -2.85. The average Bonchev–Trinajstić information content (AvgIpc) is 2.77. The van der Waals surface area contributed by atoms with Crippen LogP contribution in [0.3, 0.4) is 0 Å². The number of guanidine groups is 1. The first-order chi connectivity index (χ1) is 10.6. The molecule has 128 valence electrons. The first kappa shape index (κ1) is 17.6. The summed E-state index contributed by atoms with van der Waals surface area (Å²) in [5, 5.41) is 6.55. The van der Waals surface area contributed by atoms with Gasteiger partial charge in [0.2, 0.25) is 0 Å². The molecule has 1 atom stereocenters. The van der Waals surface area contributed by atoms with E-state index in [4.69, 9.17) is 4.99 Å². The Hall–Kier alpha value is -0.780. The highest BCUT2D eigenvalue weighted by molar-refractivity contribution is 7.91. The summed E-state index contributed by atoms with van der Waals surface area (Å²) in [4.78, 5) is 4.72. The monoisotopic (exact) mass is 329 g/mol. The van der Waals surface area contributed by atoms with Crippen LogP contribution in [0, 0.1) is 5.92 Å². The van der Waals surface area contributed by atoms with Crippen molar-refractivity contribution in [2.45, 2.75) is 64.3 Å². The molecule has 2 aliphatic rings. The molecule has 0 spiro atoms. The summed E-state index contributed by atoms with van der Waals surface area (Å²) in [5.41, 5.74) is 0. The molecule has 0 radical (unpaired) electrons. The second-order valence-electron chi connectivity index (χ2n) is 6.68. The number of nitrogens with zero attached hydrogens (tertiary/aromatic N) is 1. The lowest BCUT2D eigenvalue weighted by Crippen LogP contribution is -2.44. The van der Waals surface area contributed by atoms with Gasteiger partial charge >= 0.3 is 0 Å². The molecular formula is C16H31N3O2S. The van der Waals surface area contributed by atoms with Crippen molar-refractivity contribution in [3.63, 3.8) is 0 Å². The maximum absolute atomic E-state index is 11.6. The standard InChI is InChI=1S/C16H31N3O2S/c1-2-17-16(19-15-10-11-22(20,21)13-15)18-12-14-8-6-4-3-5-7-9-14/h14-15H,2-13H2,1H3,(H2,17,18,19). The second kappa shape index (κ2) is 8.75. The molecule has 22 heavy (non-hydrogen) atoms. The third-order valence-corrected chi connectivity index (χ3v) is 6.42. The third kappa shape index (κ3) is 6.15. The number of hydrogen-bond donors (Lipinski definition) is 2. The maximum Gasteiger partial charge on any atom is 0.191 e. The molecule has 5 nitrogen and oxygen atoms in total. The second-order valence-corrected chi connectivity index (χ2v) is 8.90. The van der Waals surface area contributed by atoms with Crippen LogP contribution in [-0.4, -0.2) is 45.0 Å². The molecule has 1 saturated carbocycles. The Balaban J connectivity index is 1.86. The largest absolute Gasteiger partial charge is 0.357 e. The van der Waals surface area contributed by atoms with Crippen molar-refractivity contribution in [2.24, 2.45) is 10.9 Å². The Morgan fingerprint density at radius 2 is 1.77 bits per heavy atom. The Kier molecular flexibility index (Phi) is 6.99. The molecule has 1 unspecified atom stereocenters. The molecule has 1 aliphatic heterocycles. The summed E-state index contributed by atoms with van der Waals surface area (Å²) in [6.07, 6.45) is 10.0. The Labute approximate surface area is 135 Å². The highest BCUT2D eigenvalue weighted by atomic mass is 32.2. The van der Waals surface area contributed by atoms with Gasteiger partial charge in [-0.05, 0) is 32.1 Å². The van der Waals surface area contributed by atoms with E-state index in [9.17, 15) is 8.42 Å². The summed E-state index contributed by atoms with van der Waals surface area (Å²) in [7, 11) is -2.85. The van der Waals surface area contributed by atoms with Crippen LogP contribution >= 0.6 is 0 Å². The van der Waals surface area contributed by atoms with Gasteiger partial charge in [-0.2, -0.15) is 0 Å². The highest BCUT2D eigenvalue weighted by Gasteiger charge is 2.28. The lowest BCUT2D eigenvalue weighted by atomic mass is 9.91. The molecular weight excluding hydrogens is 298 g/mol. The molecule has 0 bridgehead atoms. The summed E-state index contributed by atoms with van der Waals surface area (Å²) in [5.74, 6) is 2.00. The van der Waals surface area contributed by atoms with Crippen LogP contribution in [0.1, 0.15) is 58.3 Å². The lowest BCUT2D eigenvalue weighted by molar-refractivity contribution is 0.385. The minimum absolute atomic E-state index is 0.0140. The number of sulfone groups is 1. The van der Waals surface area contributed by atoms with Crippen molar-refractivity contribution in [3.8, 4) is 0 Å². The van der Waals surface area contributed by atoms with E-state index in [0.29, 0.717) is 18.1 Å². The van der Waals surface area contributed by atoms with Gasteiger partial charge in [0.15, 0.2) is 15.8 Å². The van der Waals surface area contributed by atoms with Crippen LogP contribution in [0.2, 0.25) is 0 Å². The van der Waals surface area contributed by atoms with E-state index in [1.165, 1.54) is 44.9 Å². The quantitative estimate of drug-likeness (QED) is 0.612. The predicted octanol–water partition coefficient (Wildman–Crippen LogP) is 2.09. The molecule has 0 aromatic heterocycles. The SMILES string of the molecule is CCNC(=NCC1CCCCCCC1)NC1CCS(=O)(=O)C1. The smallest absolute Gasteiger partial charge is 0.191 e. The zero-order valence-corrected chi connectivity index (χ0v) is 14.6. The molecule has 0 amide bonds. The molecule has 2 N–H and O–H groups in total. The zero-order valence-electron chi connectivity index (χ0n) is 13.8. The number of nitrogens with one attached hydrogen (secondary N) is 2. The van der Waals surface area contributed by atoms with Crippen molar-refractivity contribution < 1.29 is 8.42 Å². The number of rotatable bonds is 4. The Morgan fingerprint density at radius 1 is 1.09 bits per heavy atom. The fourth-order valence-corrected chi connectivity index (χ4v) is 5.04. The van der Waals surface area contributed by atoms with Crippen LogP contribution in [0.15, 0.2) is 4.99 Å². The fraction of sp³-hybridized carbons (Fsp3) is 0.938. The van der Waals surface area contributed by atoms with Gasteiger partial charge in [0.05, 0.1) is 11.5 Å². The van der Waals surface area contributed by atoms with E-state index in [-0.39, 0.29) is 11.8 Å². The van der Waals surface area contributed by atoms with E-state index >= 15 is 0 Å². The molecule has 2 fully saturated rings. The molecule has 0 aromatic rings. The Morgan fingerprint density at radius 3 is 2.36 bits per heavy atom. The van der Waals surface area contributed by atoms with Gasteiger partial charge in [-0.25, -0.2) is 8.42 Å². The molecule has 1 saturated heterocycles. The summed E-state index contributed by atoms with van der Waals surface area (Å²) in [6, 6.07) is 0.0140. The van der Waals surface area contributed by atoms with E-state index in [1.807, 2.05) is 6.92 Å². The van der Waals surface area contributed by atoms with Crippen molar-refractivity contribution >= 4 is 15.8 Å². The van der Waals surface area contributed by atoms with Crippen molar-refractivity contribution in [1.82, 2.24) is 10.6 Å². The van der Waals surface area contributed by atoms with E-state index in [1.54, 1.807) is 0 Å². The van der Waals surface area contributed by atoms with Crippen LogP contribution in [0.25, 0.3) is 0 Å². The van der Waals surface area contributed by atoms with Gasteiger partial charge in [0, 0.05) is 19.1 Å². The zero-order chi connectivity index (χ0) is 15.8. The van der Waals surface area contributed by atoms with Crippen molar-refractivity contribution in [1.29, 1.82) is 0 Å². The van der Waals surface area contributed by atoms with Crippen LogP contribution in [0.5, 0.6) is 0 Å². The van der Waals surface area contributed by atoms with Gasteiger partial charge in [-0.3, -0.25) is 4.99 Å². The van der Waals surface area contributed by atoms with Crippen LogP contribution in [0.4, 0.5) is 0 Å². The minimum Gasteiger partial charge on any atom is -0.357 e. The predicted molar refractivity (Wildman–Crippen MR) is 92.0 cm³/mol. The van der Waals surface area contributed by atoms with Gasteiger partial charge in [0.25, 0.3) is 0 Å². The van der Waals surface area contributed by atoms with Gasteiger partial charge in [0.1, 0.15) is 0 Å². The van der Waals surface area contributed by atoms with Crippen molar-refractivity contribution in [2.75, 3.05) is 24.6 Å². The molecule has 2 rings (SSSR count). The van der Waals surface area contributed by atoms with Crippen LogP contribution < -0.4 is 10.6 Å². The molecule has 1 aliphatic carbocycles. The van der Waals surface area contributed by atoms with E-state index in [2.05, 4.69) is 10.6 Å². The fourth-order valence-electron chi connectivity index (χ4n) is 3.37. The lowest BCUT2D eigenvalue weighted by Gasteiger charge is -2.20. The van der Waals surface area contributed by atoms with Gasteiger partial charge in [-0.1, -0.05) is 32.1 Å². The Bertz CT molecular complexity index is 454. The average molecular weight is 330 g/mol. The van der Waals surface area contributed by atoms with E-state index < -0.39 is 9.84 Å². The number of hydrogen-bond acceptors (Lipinski definition) is 3. The number of aliphatic imine (C=N–C) groups is 1. The van der Waals surface area contributed by atoms with E-state index in [0.717, 1.165) is 19.0 Å². The molecule has 1 heterocycles. The topological polar surface area (TPSA) is 70.6 Å². The van der Waals surface area contributed by atoms with Gasteiger partial charge < -0.3 is 10.6 Å². The van der Waals surface area contributed by atoms with Crippen LogP contribution in [-0.2, 0) is 9.84 Å². The summed E-state index contributed by atoms with van der Waals surface area (Å²) in [6.45, 7) is 3.70. The normalized spacial score (nSPS) is 27.1.